The molecule has 1 aliphatic carbocycles. The van der Waals surface area contributed by atoms with Crippen LogP contribution in [0, 0.1) is 11.8 Å². The highest BCUT2D eigenvalue weighted by molar-refractivity contribution is 4.80. The molecule has 1 fully saturated rings. The van der Waals surface area contributed by atoms with E-state index in [0.717, 1.165) is 24.4 Å². The minimum absolute atomic E-state index is 0.758. The second-order valence-electron chi connectivity index (χ2n) is 5.43. The third-order valence-electron chi connectivity index (χ3n) is 3.78. The Kier molecular flexibility index (Phi) is 5.62. The van der Waals surface area contributed by atoms with Gasteiger partial charge in [-0.05, 0) is 45.3 Å². The van der Waals surface area contributed by atoms with Gasteiger partial charge < -0.3 is 10.2 Å². The van der Waals surface area contributed by atoms with Gasteiger partial charge in [0.25, 0.3) is 0 Å². The van der Waals surface area contributed by atoms with E-state index < -0.39 is 0 Å². The molecule has 0 saturated heterocycles. The number of hydrogen-bond donors (Lipinski definition) is 1. The molecule has 2 nitrogen and oxygen atoms in total. The molecule has 0 aromatic heterocycles. The van der Waals surface area contributed by atoms with Crippen molar-refractivity contribution in [1.82, 2.24) is 10.2 Å². The second-order valence-corrected chi connectivity index (χ2v) is 5.43. The molecule has 0 aliphatic heterocycles. The van der Waals surface area contributed by atoms with Crippen molar-refractivity contribution < 1.29 is 0 Å². The summed E-state index contributed by atoms with van der Waals surface area (Å²) in [5.74, 6) is 1.65. The zero-order valence-electron chi connectivity index (χ0n) is 10.9. The number of hydrogen-bond acceptors (Lipinski definition) is 2. The summed E-state index contributed by atoms with van der Waals surface area (Å²) in [5.41, 5.74) is 0. The molecule has 1 saturated carbocycles. The van der Waals surface area contributed by atoms with Gasteiger partial charge in [0.05, 0.1) is 0 Å². The minimum Gasteiger partial charge on any atom is -0.319 e. The predicted octanol–water partition coefficient (Wildman–Crippen LogP) is 2.35. The fourth-order valence-electron chi connectivity index (χ4n) is 2.99. The van der Waals surface area contributed by atoms with Crippen LogP contribution in [-0.4, -0.2) is 38.1 Å². The summed E-state index contributed by atoms with van der Waals surface area (Å²) in [7, 11) is 4.35. The average Bonchev–Trinajstić information content (AvgIpc) is 2.18. The molecule has 0 aromatic rings. The molecule has 3 unspecified atom stereocenters. The van der Waals surface area contributed by atoms with Crippen molar-refractivity contribution >= 4 is 0 Å². The Labute approximate surface area is 95.4 Å². The van der Waals surface area contributed by atoms with E-state index in [9.17, 15) is 0 Å². The molecule has 1 rings (SSSR count). The molecule has 0 bridgehead atoms. The summed E-state index contributed by atoms with van der Waals surface area (Å²) >= 11 is 0. The smallest absolute Gasteiger partial charge is 0.0118 e. The number of nitrogens with zero attached hydrogens (tertiary/aromatic N) is 1. The summed E-state index contributed by atoms with van der Waals surface area (Å²) in [4.78, 5) is 2.59. The second kappa shape index (κ2) is 6.49. The standard InChI is InChI=1S/C13H28N2/c1-11(9-14-3)10-15(4)13-8-6-5-7-12(13)2/h11-14H,5-10H2,1-4H3. The first-order chi connectivity index (χ1) is 7.15. The zero-order valence-corrected chi connectivity index (χ0v) is 10.9. The highest BCUT2D eigenvalue weighted by Crippen LogP contribution is 2.27. The lowest BCUT2D eigenvalue weighted by Gasteiger charge is -2.37. The van der Waals surface area contributed by atoms with E-state index in [1.165, 1.54) is 32.2 Å². The molecule has 90 valence electrons. The Morgan fingerprint density at radius 3 is 2.60 bits per heavy atom. The monoisotopic (exact) mass is 212 g/mol. The van der Waals surface area contributed by atoms with E-state index in [1.807, 2.05) is 7.05 Å². The topological polar surface area (TPSA) is 15.3 Å². The number of nitrogens with one attached hydrogen (secondary N) is 1. The van der Waals surface area contributed by atoms with E-state index in [2.05, 4.69) is 31.1 Å². The lowest BCUT2D eigenvalue weighted by molar-refractivity contribution is 0.124. The summed E-state index contributed by atoms with van der Waals surface area (Å²) < 4.78 is 0. The third kappa shape index (κ3) is 4.12. The van der Waals surface area contributed by atoms with Gasteiger partial charge >= 0.3 is 0 Å². The van der Waals surface area contributed by atoms with Gasteiger partial charge in [-0.3, -0.25) is 0 Å². The van der Waals surface area contributed by atoms with Crippen LogP contribution in [0.3, 0.4) is 0 Å². The Morgan fingerprint density at radius 1 is 1.33 bits per heavy atom. The Hall–Kier alpha value is -0.0800. The third-order valence-corrected chi connectivity index (χ3v) is 3.78. The van der Waals surface area contributed by atoms with E-state index in [0.29, 0.717) is 0 Å². The highest BCUT2D eigenvalue weighted by Gasteiger charge is 2.25. The maximum Gasteiger partial charge on any atom is 0.0118 e. The van der Waals surface area contributed by atoms with Gasteiger partial charge in [-0.2, -0.15) is 0 Å². The van der Waals surface area contributed by atoms with E-state index >= 15 is 0 Å². The Morgan fingerprint density at radius 2 is 2.00 bits per heavy atom. The van der Waals surface area contributed by atoms with Crippen molar-refractivity contribution in [3.63, 3.8) is 0 Å². The van der Waals surface area contributed by atoms with E-state index in [1.54, 1.807) is 0 Å². The first-order valence-electron chi connectivity index (χ1n) is 6.50. The zero-order chi connectivity index (χ0) is 11.3. The van der Waals surface area contributed by atoms with Crippen molar-refractivity contribution in [3.05, 3.63) is 0 Å². The first kappa shape index (κ1) is 13.0. The minimum atomic E-state index is 0.758. The van der Waals surface area contributed by atoms with Crippen molar-refractivity contribution in [2.45, 2.75) is 45.6 Å². The fraction of sp³-hybridized carbons (Fsp3) is 1.00. The van der Waals surface area contributed by atoms with Gasteiger partial charge in [0.15, 0.2) is 0 Å². The van der Waals surface area contributed by atoms with Crippen molar-refractivity contribution in [2.24, 2.45) is 11.8 Å². The molecule has 1 N–H and O–H groups in total. The largest absolute Gasteiger partial charge is 0.319 e. The van der Waals surface area contributed by atoms with Crippen LogP contribution in [0.5, 0.6) is 0 Å². The lowest BCUT2D eigenvalue weighted by Crippen LogP contribution is -2.42. The van der Waals surface area contributed by atoms with E-state index in [4.69, 9.17) is 0 Å². The van der Waals surface area contributed by atoms with Crippen LogP contribution in [-0.2, 0) is 0 Å². The molecule has 1 aliphatic rings. The van der Waals surface area contributed by atoms with Crippen LogP contribution < -0.4 is 5.32 Å². The van der Waals surface area contributed by atoms with Gasteiger partial charge in [0.2, 0.25) is 0 Å². The molecule has 0 radical (unpaired) electrons. The summed E-state index contributed by atoms with van der Waals surface area (Å²) in [6.45, 7) is 7.12. The normalized spacial score (nSPS) is 29.4. The maximum absolute atomic E-state index is 3.26. The van der Waals surface area contributed by atoms with Crippen LogP contribution in [0.15, 0.2) is 0 Å². The van der Waals surface area contributed by atoms with Crippen LogP contribution in [0.1, 0.15) is 39.5 Å². The molecule has 0 aromatic carbocycles. The summed E-state index contributed by atoms with van der Waals surface area (Å²) in [6, 6.07) is 0.832. The molecule has 3 atom stereocenters. The van der Waals surface area contributed by atoms with Gasteiger partial charge in [0.1, 0.15) is 0 Å². The predicted molar refractivity (Wildman–Crippen MR) is 67.1 cm³/mol. The van der Waals surface area contributed by atoms with E-state index in [-0.39, 0.29) is 0 Å². The van der Waals surface area contributed by atoms with Crippen LogP contribution in [0.2, 0.25) is 0 Å². The Balaban J connectivity index is 2.34. The average molecular weight is 212 g/mol. The molecule has 15 heavy (non-hydrogen) atoms. The quantitative estimate of drug-likeness (QED) is 0.752. The molecule has 0 heterocycles. The number of rotatable bonds is 5. The van der Waals surface area contributed by atoms with Gasteiger partial charge in [-0.15, -0.1) is 0 Å². The summed E-state index contributed by atoms with van der Waals surface area (Å²) in [6.07, 6.45) is 5.71. The van der Waals surface area contributed by atoms with Crippen molar-refractivity contribution in [1.29, 1.82) is 0 Å². The van der Waals surface area contributed by atoms with Gasteiger partial charge in [-0.25, -0.2) is 0 Å². The van der Waals surface area contributed by atoms with Crippen LogP contribution in [0.4, 0.5) is 0 Å². The lowest BCUT2D eigenvalue weighted by atomic mass is 9.85. The van der Waals surface area contributed by atoms with Crippen LogP contribution in [0.25, 0.3) is 0 Å². The molecule has 0 amide bonds. The maximum atomic E-state index is 3.26. The van der Waals surface area contributed by atoms with Crippen LogP contribution >= 0.6 is 0 Å². The molecular formula is C13H28N2. The summed E-state index contributed by atoms with van der Waals surface area (Å²) in [5, 5.41) is 3.26. The van der Waals surface area contributed by atoms with Gasteiger partial charge in [0, 0.05) is 12.6 Å². The first-order valence-corrected chi connectivity index (χ1v) is 6.50. The van der Waals surface area contributed by atoms with Gasteiger partial charge in [-0.1, -0.05) is 26.7 Å². The molecular weight excluding hydrogens is 184 g/mol. The SMILES string of the molecule is CNCC(C)CN(C)C1CCCCC1C. The van der Waals surface area contributed by atoms with Crippen molar-refractivity contribution in [3.8, 4) is 0 Å². The highest BCUT2D eigenvalue weighted by atomic mass is 15.1. The molecule has 0 spiro atoms. The Bertz CT molecular complexity index is 170. The molecule has 2 heteroatoms. The fourth-order valence-corrected chi connectivity index (χ4v) is 2.99. The van der Waals surface area contributed by atoms with Crippen molar-refractivity contribution in [2.75, 3.05) is 27.2 Å².